The van der Waals surface area contributed by atoms with Gasteiger partial charge in [-0.15, -0.1) is 0 Å². The Bertz CT molecular complexity index is 1340. The predicted octanol–water partition coefficient (Wildman–Crippen LogP) is 4.34. The van der Waals surface area contributed by atoms with Crippen LogP contribution in [0.15, 0.2) is 63.8 Å². The van der Waals surface area contributed by atoms with Gasteiger partial charge in [0.15, 0.2) is 29.4 Å². The summed E-state index contributed by atoms with van der Waals surface area (Å²) in [5.74, 6) is 1.85. The summed E-state index contributed by atoms with van der Waals surface area (Å²) in [6.07, 6.45) is 0.191. The van der Waals surface area contributed by atoms with Crippen molar-refractivity contribution in [1.29, 1.82) is 0 Å². The third-order valence-electron chi connectivity index (χ3n) is 8.32. The summed E-state index contributed by atoms with van der Waals surface area (Å²) in [4.78, 5) is 12.2. The number of hydrogen-bond donors (Lipinski definition) is 3. The van der Waals surface area contributed by atoms with Gasteiger partial charge in [0, 0.05) is 26.1 Å². The number of anilines is 2. The number of rotatable bonds is 13. The Labute approximate surface area is 269 Å². The van der Waals surface area contributed by atoms with Crippen molar-refractivity contribution in [2.75, 3.05) is 54.9 Å². The molecular formula is C32H41IN6O5. The van der Waals surface area contributed by atoms with Gasteiger partial charge in [0.05, 0.1) is 13.2 Å². The van der Waals surface area contributed by atoms with Gasteiger partial charge in [-0.3, -0.25) is 3.11 Å². The van der Waals surface area contributed by atoms with E-state index in [1.54, 1.807) is 7.11 Å². The quantitative estimate of drug-likeness (QED) is 0.134. The van der Waals surface area contributed by atoms with Crippen molar-refractivity contribution >= 4 is 38.6 Å². The highest BCUT2D eigenvalue weighted by atomic mass is 127. The molecule has 0 amide bonds. The second kappa shape index (κ2) is 15.1. The van der Waals surface area contributed by atoms with E-state index < -0.39 is 45.8 Å². The van der Waals surface area contributed by atoms with Gasteiger partial charge in [-0.05, 0) is 37.1 Å². The van der Waals surface area contributed by atoms with Crippen LogP contribution in [0.3, 0.4) is 0 Å². The van der Waals surface area contributed by atoms with E-state index in [2.05, 4.69) is 58.7 Å². The van der Waals surface area contributed by atoms with Crippen molar-refractivity contribution in [2.45, 2.75) is 56.3 Å². The highest BCUT2D eigenvalue weighted by Crippen LogP contribution is 2.48. The van der Waals surface area contributed by atoms with Gasteiger partial charge in [-0.1, -0.05) is 67.1 Å². The van der Waals surface area contributed by atoms with Crippen LogP contribution in [0.5, 0.6) is 0 Å². The van der Waals surface area contributed by atoms with E-state index in [1.807, 2.05) is 15.2 Å². The van der Waals surface area contributed by atoms with Gasteiger partial charge in [-0.25, -0.2) is 9.97 Å². The molecule has 2 aromatic carbocycles. The Balaban J connectivity index is 1.24. The number of methoxy groups -OCH3 is 1. The van der Waals surface area contributed by atoms with Gasteiger partial charge in [0.1, 0.15) is 46.2 Å². The van der Waals surface area contributed by atoms with E-state index in [1.165, 1.54) is 30.4 Å². The molecular weight excluding hydrogens is 675 g/mol. The Morgan fingerprint density at radius 3 is 2.36 bits per heavy atom. The normalized spacial score (nSPS) is 23.6. The van der Waals surface area contributed by atoms with Crippen molar-refractivity contribution < 1.29 is 24.4 Å². The summed E-state index contributed by atoms with van der Waals surface area (Å²) in [6.45, 7) is 4.76. The number of likely N-dealkylation sites (tertiary alicyclic amines) is 1. The van der Waals surface area contributed by atoms with E-state index in [0.717, 1.165) is 19.6 Å². The Kier molecular flexibility index (Phi) is 10.8. The topological polar surface area (TPSA) is 125 Å². The standard InChI is InChI=1S/C32H41IN6O5/c1-42-20-25-28(40)29(41)32(44-25)39-31-27(37-33-39)30(35-26(36-31)21-43-18-17-38-15-9-4-10-16-38)34-19-24(22-11-5-2-6-12-22)23-13-7-3-8-14-23/h2-3,5-8,11-14,24-25,28-29,32,40-41H,4,9-10,15-21H2,1H3,(H,34,35,36)/t25?,28-,29-,32-/m1/s1. The number of ether oxygens (including phenoxy) is 3. The average Bonchev–Trinajstić information content (AvgIpc) is 3.61. The van der Waals surface area contributed by atoms with E-state index in [0.29, 0.717) is 36.3 Å². The van der Waals surface area contributed by atoms with Crippen LogP contribution in [0, 0.1) is 0 Å². The van der Waals surface area contributed by atoms with Crippen LogP contribution < -0.4 is 8.43 Å². The number of aliphatic hydroxyl groups is 2. The molecule has 11 nitrogen and oxygen atoms in total. The highest BCUT2D eigenvalue weighted by molar-refractivity contribution is 14.2. The Hall–Kier alpha value is -2.59. The maximum absolute atomic E-state index is 10.9. The molecule has 3 aromatic rings. The first kappa shape index (κ1) is 31.4. The number of fused-ring (bicyclic) bond motifs is 1. The van der Waals surface area contributed by atoms with Gasteiger partial charge >= 0.3 is 0 Å². The van der Waals surface area contributed by atoms with Crippen LogP contribution in [-0.4, -0.2) is 96.1 Å². The Morgan fingerprint density at radius 2 is 1.68 bits per heavy atom. The predicted molar refractivity (Wildman–Crippen MR) is 176 cm³/mol. The molecule has 3 aliphatic rings. The van der Waals surface area contributed by atoms with Gasteiger partial charge in [0.2, 0.25) is 0 Å². The molecule has 0 aliphatic carbocycles. The van der Waals surface area contributed by atoms with Crippen LogP contribution in [0.1, 0.15) is 42.1 Å². The summed E-state index contributed by atoms with van der Waals surface area (Å²) in [5.41, 5.74) is 3.05. The minimum absolute atomic E-state index is 0.0874. The van der Waals surface area contributed by atoms with Crippen molar-refractivity contribution in [3.8, 4) is 0 Å². The maximum atomic E-state index is 10.9. The number of halogens is 1. The first-order chi connectivity index (χ1) is 21.6. The molecule has 0 spiro atoms. The number of piperidine rings is 1. The third-order valence-corrected chi connectivity index (χ3v) is 10.5. The van der Waals surface area contributed by atoms with Crippen LogP contribution in [0.4, 0.5) is 17.3 Å². The minimum Gasteiger partial charge on any atom is -0.387 e. The first-order valence-electron chi connectivity index (χ1n) is 15.3. The molecule has 0 bridgehead atoms. The number of aromatic nitrogens is 2. The number of nitrogens with zero attached hydrogens (tertiary/aromatic N) is 5. The number of hydrogen-bond acceptors (Lipinski definition) is 11. The lowest BCUT2D eigenvalue weighted by Gasteiger charge is -2.26. The molecule has 3 N–H and O–H groups in total. The monoisotopic (exact) mass is 716 g/mol. The number of aliphatic hydroxyl groups excluding tert-OH is 2. The molecule has 4 atom stereocenters. The SMILES string of the molecule is COCC1O[C@@H](N2I=Nc3c(NCC(c4ccccc4)c4ccccc4)nc(COCCN4CCCCC4)nc32)[C@H](O)[C@@H]1O. The fraction of sp³-hybridized carbons (Fsp3) is 0.500. The van der Waals surface area contributed by atoms with Crippen LogP contribution in [0.2, 0.25) is 0 Å². The molecule has 44 heavy (non-hydrogen) atoms. The van der Waals surface area contributed by atoms with Crippen molar-refractivity contribution in [3.05, 3.63) is 77.6 Å². The summed E-state index contributed by atoms with van der Waals surface area (Å²) in [7, 11) is 1.55. The molecule has 2 fully saturated rings. The van der Waals surface area contributed by atoms with Gasteiger partial charge in [-0.2, -0.15) is 3.15 Å². The molecule has 6 rings (SSSR count). The number of benzene rings is 2. The van der Waals surface area contributed by atoms with Crippen LogP contribution in [-0.2, 0) is 20.8 Å². The van der Waals surface area contributed by atoms with Crippen LogP contribution in [0.25, 0.3) is 0 Å². The molecule has 4 heterocycles. The zero-order valence-corrected chi connectivity index (χ0v) is 27.1. The van der Waals surface area contributed by atoms with E-state index in [-0.39, 0.29) is 19.1 Å². The average molecular weight is 717 g/mol. The lowest BCUT2D eigenvalue weighted by atomic mass is 9.91. The largest absolute Gasteiger partial charge is 0.387 e. The fourth-order valence-electron chi connectivity index (χ4n) is 5.94. The van der Waals surface area contributed by atoms with E-state index in [4.69, 9.17) is 27.3 Å². The molecule has 0 saturated carbocycles. The lowest BCUT2D eigenvalue weighted by molar-refractivity contribution is -0.0293. The third kappa shape index (κ3) is 7.27. The van der Waals surface area contributed by atoms with Gasteiger partial charge < -0.3 is 34.6 Å². The van der Waals surface area contributed by atoms with Gasteiger partial charge in [0.25, 0.3) is 0 Å². The molecule has 1 aromatic heterocycles. The molecule has 3 aliphatic heterocycles. The highest BCUT2D eigenvalue weighted by Gasteiger charge is 2.47. The second-order valence-corrected chi connectivity index (χ2v) is 13.3. The van der Waals surface area contributed by atoms with Crippen LogP contribution >= 0.6 is 21.3 Å². The summed E-state index contributed by atoms with van der Waals surface area (Å²) in [5, 5.41) is 25.1. The second-order valence-electron chi connectivity index (χ2n) is 11.3. The maximum Gasteiger partial charge on any atom is 0.172 e. The zero-order chi connectivity index (χ0) is 30.3. The minimum atomic E-state index is -1.12. The van der Waals surface area contributed by atoms with E-state index >= 15 is 0 Å². The van der Waals surface area contributed by atoms with Crippen molar-refractivity contribution in [2.24, 2.45) is 3.15 Å². The number of nitrogens with one attached hydrogen (secondary N) is 1. The Morgan fingerprint density at radius 1 is 0.977 bits per heavy atom. The molecule has 0 radical (unpaired) electrons. The summed E-state index contributed by atoms with van der Waals surface area (Å²) < 4.78 is 24.1. The lowest BCUT2D eigenvalue weighted by Crippen LogP contribution is -2.39. The van der Waals surface area contributed by atoms with Crippen molar-refractivity contribution in [3.63, 3.8) is 0 Å². The molecule has 236 valence electrons. The molecule has 12 heteroatoms. The molecule has 2 saturated heterocycles. The summed E-state index contributed by atoms with van der Waals surface area (Å²) in [6, 6.07) is 20.9. The molecule has 1 unspecified atom stereocenters. The van der Waals surface area contributed by atoms with Crippen molar-refractivity contribution in [1.82, 2.24) is 14.9 Å². The summed E-state index contributed by atoms with van der Waals surface area (Å²) >= 11 is -0.983. The first-order valence-corrected chi connectivity index (χ1v) is 17.3. The van der Waals surface area contributed by atoms with E-state index in [9.17, 15) is 10.2 Å². The fourth-order valence-corrected chi connectivity index (χ4v) is 8.08. The smallest absolute Gasteiger partial charge is 0.172 e. The zero-order valence-electron chi connectivity index (χ0n) is 25.0.